The molecule has 2 aromatic carbocycles. The van der Waals surface area contributed by atoms with Crippen LogP contribution in [0.1, 0.15) is 27.2 Å². The highest BCUT2D eigenvalue weighted by Crippen LogP contribution is 2.20. The Kier molecular flexibility index (Phi) is 5.80. The fourth-order valence-corrected chi connectivity index (χ4v) is 2.68. The van der Waals surface area contributed by atoms with Crippen LogP contribution in [-0.2, 0) is 0 Å². The van der Waals surface area contributed by atoms with Gasteiger partial charge in [0.1, 0.15) is 23.1 Å². The van der Waals surface area contributed by atoms with Crippen molar-refractivity contribution in [2.24, 2.45) is 5.10 Å². The first-order chi connectivity index (χ1) is 14.1. The normalized spacial score (nSPS) is 10.5. The van der Waals surface area contributed by atoms with Crippen LogP contribution in [0.15, 0.2) is 64.5 Å². The average molecular weight is 387 g/mol. The molecule has 144 valence electrons. The Morgan fingerprint density at radius 1 is 1.21 bits per heavy atom. The van der Waals surface area contributed by atoms with E-state index in [1.54, 1.807) is 24.3 Å². The Hall–Kier alpha value is -4.25. The summed E-state index contributed by atoms with van der Waals surface area (Å²) in [4.78, 5) is 25.4. The molecule has 1 heterocycles. The van der Waals surface area contributed by atoms with E-state index in [0.717, 1.165) is 10.2 Å². The van der Waals surface area contributed by atoms with Gasteiger partial charge in [0.2, 0.25) is 0 Å². The van der Waals surface area contributed by atoms with E-state index in [9.17, 15) is 14.9 Å². The van der Waals surface area contributed by atoms with Gasteiger partial charge in [-0.05, 0) is 24.6 Å². The number of hydrogen-bond acceptors (Lipinski definition) is 6. The molecule has 3 aromatic rings. The maximum Gasteiger partial charge on any atom is 0.292 e. The molecule has 0 bridgehead atoms. The van der Waals surface area contributed by atoms with Gasteiger partial charge in [-0.25, -0.2) is 5.43 Å². The molecule has 0 fully saturated rings. The number of nitrogens with zero attached hydrogens (tertiary/aromatic N) is 4. The average Bonchev–Trinajstić information content (AvgIpc) is 2.75. The number of carbonyl (C=O) groups is 1. The quantitative estimate of drug-likeness (QED) is 0.533. The fraction of sp³-hybridized carbons (Fsp3) is 0.0952. The first-order valence-electron chi connectivity index (χ1n) is 8.62. The van der Waals surface area contributed by atoms with Gasteiger partial charge in [-0.1, -0.05) is 42.5 Å². The Labute approximate surface area is 166 Å². The van der Waals surface area contributed by atoms with E-state index in [1.165, 1.54) is 20.2 Å². The minimum Gasteiger partial charge on any atom is -0.494 e. The number of ether oxygens (including phenoxy) is 1. The summed E-state index contributed by atoms with van der Waals surface area (Å²) in [6.45, 7) is 1.50. The molecule has 0 unspecified atom stereocenters. The first-order valence-corrected chi connectivity index (χ1v) is 8.62. The van der Waals surface area contributed by atoms with Gasteiger partial charge in [0.05, 0.1) is 13.3 Å². The van der Waals surface area contributed by atoms with Gasteiger partial charge in [-0.3, -0.25) is 9.59 Å². The maximum absolute atomic E-state index is 12.7. The van der Waals surface area contributed by atoms with E-state index >= 15 is 0 Å². The topological polar surface area (TPSA) is 109 Å². The second-order valence-electron chi connectivity index (χ2n) is 5.96. The van der Waals surface area contributed by atoms with Crippen molar-refractivity contribution in [2.75, 3.05) is 7.11 Å². The van der Waals surface area contributed by atoms with E-state index < -0.39 is 11.5 Å². The zero-order valence-corrected chi connectivity index (χ0v) is 15.8. The Bertz CT molecular complexity index is 1180. The van der Waals surface area contributed by atoms with E-state index in [0.29, 0.717) is 11.4 Å². The van der Waals surface area contributed by atoms with Gasteiger partial charge in [0.25, 0.3) is 11.5 Å². The largest absolute Gasteiger partial charge is 0.494 e. The SMILES string of the molecule is COc1ccccc1-n1nc(C(=O)N/N=C/c2ccccc2)c(C)c(C#N)c1=O. The summed E-state index contributed by atoms with van der Waals surface area (Å²) in [7, 11) is 1.45. The predicted molar refractivity (Wildman–Crippen MR) is 107 cm³/mol. The van der Waals surface area contributed by atoms with Crippen molar-refractivity contribution in [1.82, 2.24) is 15.2 Å². The Morgan fingerprint density at radius 3 is 2.59 bits per heavy atom. The third kappa shape index (κ3) is 4.04. The van der Waals surface area contributed by atoms with Crippen LogP contribution in [0.4, 0.5) is 0 Å². The summed E-state index contributed by atoms with van der Waals surface area (Å²) < 4.78 is 6.25. The van der Waals surface area contributed by atoms with Gasteiger partial charge >= 0.3 is 0 Å². The van der Waals surface area contributed by atoms with Crippen molar-refractivity contribution in [2.45, 2.75) is 6.92 Å². The second kappa shape index (κ2) is 8.63. The molecule has 29 heavy (non-hydrogen) atoms. The van der Waals surface area contributed by atoms with Crippen LogP contribution in [0.25, 0.3) is 5.69 Å². The number of hydrazone groups is 1. The fourth-order valence-electron chi connectivity index (χ4n) is 2.68. The summed E-state index contributed by atoms with van der Waals surface area (Å²) in [5, 5.41) is 17.5. The zero-order chi connectivity index (χ0) is 20.8. The number of carbonyl (C=O) groups excluding carboxylic acids is 1. The van der Waals surface area contributed by atoms with Gasteiger partial charge < -0.3 is 4.74 Å². The molecule has 3 rings (SSSR count). The molecular weight excluding hydrogens is 370 g/mol. The zero-order valence-electron chi connectivity index (χ0n) is 15.8. The summed E-state index contributed by atoms with van der Waals surface area (Å²) in [5.41, 5.74) is 2.77. The molecule has 0 saturated carbocycles. The van der Waals surface area contributed by atoms with Crippen LogP contribution >= 0.6 is 0 Å². The number of rotatable bonds is 5. The third-order valence-electron chi connectivity index (χ3n) is 4.16. The van der Waals surface area contributed by atoms with Crippen molar-refractivity contribution in [3.05, 3.63) is 87.3 Å². The Balaban J connectivity index is 2.03. The molecule has 0 aliphatic carbocycles. The maximum atomic E-state index is 12.7. The lowest BCUT2D eigenvalue weighted by molar-refractivity contribution is 0.0947. The number of benzene rings is 2. The molecule has 0 saturated heterocycles. The molecule has 8 heteroatoms. The summed E-state index contributed by atoms with van der Waals surface area (Å²) in [6, 6.07) is 17.8. The van der Waals surface area contributed by atoms with Crippen molar-refractivity contribution >= 4 is 12.1 Å². The van der Waals surface area contributed by atoms with Crippen LogP contribution < -0.4 is 15.7 Å². The summed E-state index contributed by atoms with van der Waals surface area (Å²) in [5.74, 6) is -0.266. The standard InChI is InChI=1S/C21H17N5O3/c1-14-16(12-22)21(28)26(17-10-6-7-11-18(17)29-2)25-19(14)20(27)24-23-13-15-8-4-3-5-9-15/h3-11,13H,1-2H3,(H,24,27)/b23-13+. The van der Waals surface area contributed by atoms with E-state index in [4.69, 9.17) is 4.74 Å². The van der Waals surface area contributed by atoms with E-state index in [1.807, 2.05) is 36.4 Å². The van der Waals surface area contributed by atoms with Gasteiger partial charge in [-0.2, -0.15) is 20.1 Å². The lowest BCUT2D eigenvalue weighted by atomic mass is 10.1. The number of aromatic nitrogens is 2. The lowest BCUT2D eigenvalue weighted by Crippen LogP contribution is -2.31. The number of hydrogen-bond donors (Lipinski definition) is 1. The molecule has 0 atom stereocenters. The van der Waals surface area contributed by atoms with Crippen molar-refractivity contribution < 1.29 is 9.53 Å². The predicted octanol–water partition coefficient (Wildman–Crippen LogP) is 2.19. The van der Waals surface area contributed by atoms with Crippen molar-refractivity contribution in [3.8, 4) is 17.5 Å². The molecule has 1 aromatic heterocycles. The molecule has 0 aliphatic heterocycles. The number of nitrogens with one attached hydrogen (secondary N) is 1. The van der Waals surface area contributed by atoms with Crippen LogP contribution in [-0.4, -0.2) is 29.0 Å². The molecule has 0 aliphatic rings. The number of methoxy groups -OCH3 is 1. The van der Waals surface area contributed by atoms with E-state index in [2.05, 4.69) is 15.6 Å². The Morgan fingerprint density at radius 2 is 1.90 bits per heavy atom. The van der Waals surface area contributed by atoms with Crippen LogP contribution in [0.3, 0.4) is 0 Å². The smallest absolute Gasteiger partial charge is 0.292 e. The van der Waals surface area contributed by atoms with Gasteiger partial charge in [0.15, 0.2) is 5.69 Å². The first kappa shape index (κ1) is 19.5. The number of para-hydroxylation sites is 2. The molecule has 0 spiro atoms. The molecule has 1 amide bonds. The minimum atomic E-state index is -0.644. The highest BCUT2D eigenvalue weighted by atomic mass is 16.5. The van der Waals surface area contributed by atoms with Gasteiger partial charge in [0, 0.05) is 5.56 Å². The lowest BCUT2D eigenvalue weighted by Gasteiger charge is -2.13. The highest BCUT2D eigenvalue weighted by Gasteiger charge is 2.21. The summed E-state index contributed by atoms with van der Waals surface area (Å²) >= 11 is 0. The molecule has 1 N–H and O–H groups in total. The van der Waals surface area contributed by atoms with Crippen LogP contribution in [0, 0.1) is 18.3 Å². The molecular formula is C21H17N5O3. The van der Waals surface area contributed by atoms with E-state index in [-0.39, 0.29) is 16.8 Å². The number of nitriles is 1. The third-order valence-corrected chi connectivity index (χ3v) is 4.16. The minimum absolute atomic E-state index is 0.0859. The van der Waals surface area contributed by atoms with Crippen molar-refractivity contribution in [3.63, 3.8) is 0 Å². The van der Waals surface area contributed by atoms with Gasteiger partial charge in [-0.15, -0.1) is 0 Å². The van der Waals surface area contributed by atoms with Crippen LogP contribution in [0.2, 0.25) is 0 Å². The van der Waals surface area contributed by atoms with Crippen LogP contribution in [0.5, 0.6) is 5.75 Å². The van der Waals surface area contributed by atoms with Crippen molar-refractivity contribution in [1.29, 1.82) is 5.26 Å². The summed E-state index contributed by atoms with van der Waals surface area (Å²) in [6.07, 6.45) is 1.48. The number of amides is 1. The highest BCUT2D eigenvalue weighted by molar-refractivity contribution is 5.94. The molecule has 8 nitrogen and oxygen atoms in total. The second-order valence-corrected chi connectivity index (χ2v) is 5.96. The molecule has 0 radical (unpaired) electrons. The monoisotopic (exact) mass is 387 g/mol.